The van der Waals surface area contributed by atoms with Crippen LogP contribution >= 0.6 is 11.8 Å². The summed E-state index contributed by atoms with van der Waals surface area (Å²) in [5.74, 6) is 0.442. The van der Waals surface area contributed by atoms with E-state index in [4.69, 9.17) is 0 Å². The fourth-order valence-electron chi connectivity index (χ4n) is 3.39. The molecule has 0 bridgehead atoms. The molecule has 3 aromatic heterocycles. The third-order valence-corrected chi connectivity index (χ3v) is 5.91. The molecule has 150 valence electrons. The van der Waals surface area contributed by atoms with Crippen molar-refractivity contribution in [3.8, 4) is 11.3 Å². The van der Waals surface area contributed by atoms with Crippen LogP contribution in [0, 0.1) is 6.92 Å². The SMILES string of the molecule is Cc1ccc(Sc2nc3c(=O)n4cc(-c5ccccc5)[nH]c4nc3n2CCO)cc1. The molecule has 0 radical (unpaired) electrons. The number of fused-ring (bicyclic) bond motifs is 2. The van der Waals surface area contributed by atoms with Gasteiger partial charge in [-0.15, -0.1) is 0 Å². The second-order valence-electron chi connectivity index (χ2n) is 7.00. The second kappa shape index (κ2) is 7.47. The number of hydrogen-bond acceptors (Lipinski definition) is 5. The third-order valence-electron chi connectivity index (χ3n) is 4.91. The zero-order chi connectivity index (χ0) is 20.7. The summed E-state index contributed by atoms with van der Waals surface area (Å²) in [6, 6.07) is 17.9. The Labute approximate surface area is 176 Å². The Kier molecular flexibility index (Phi) is 4.65. The Bertz CT molecular complexity index is 1400. The largest absolute Gasteiger partial charge is 0.395 e. The highest BCUT2D eigenvalue weighted by molar-refractivity contribution is 7.99. The normalized spacial score (nSPS) is 11.5. The summed E-state index contributed by atoms with van der Waals surface area (Å²) < 4.78 is 3.28. The molecular formula is C22H19N5O2S. The van der Waals surface area contributed by atoms with Crippen LogP contribution in [0.25, 0.3) is 28.2 Å². The van der Waals surface area contributed by atoms with E-state index in [0.717, 1.165) is 16.2 Å². The summed E-state index contributed by atoms with van der Waals surface area (Å²) in [5, 5.41) is 10.2. The van der Waals surface area contributed by atoms with Crippen LogP contribution in [0.1, 0.15) is 5.56 Å². The van der Waals surface area contributed by atoms with Crippen molar-refractivity contribution < 1.29 is 5.11 Å². The van der Waals surface area contributed by atoms with Gasteiger partial charge >= 0.3 is 0 Å². The number of aromatic nitrogens is 5. The van der Waals surface area contributed by atoms with Crippen molar-refractivity contribution >= 4 is 28.7 Å². The number of H-pyrrole nitrogens is 1. The van der Waals surface area contributed by atoms with Gasteiger partial charge in [0.05, 0.1) is 12.3 Å². The summed E-state index contributed by atoms with van der Waals surface area (Å²) in [6.07, 6.45) is 1.75. The molecule has 5 rings (SSSR count). The van der Waals surface area contributed by atoms with Crippen LogP contribution < -0.4 is 5.56 Å². The van der Waals surface area contributed by atoms with Crippen molar-refractivity contribution in [2.75, 3.05) is 6.61 Å². The molecule has 0 saturated heterocycles. The summed E-state index contributed by atoms with van der Waals surface area (Å²) in [6.45, 7) is 2.26. The van der Waals surface area contributed by atoms with Gasteiger partial charge in [-0.3, -0.25) is 4.79 Å². The molecule has 0 amide bonds. The van der Waals surface area contributed by atoms with Crippen molar-refractivity contribution in [3.63, 3.8) is 0 Å². The predicted molar refractivity (Wildman–Crippen MR) is 117 cm³/mol. The van der Waals surface area contributed by atoms with Gasteiger partial charge in [0.25, 0.3) is 5.56 Å². The lowest BCUT2D eigenvalue weighted by Crippen LogP contribution is -2.14. The Morgan fingerprint density at radius 2 is 1.83 bits per heavy atom. The van der Waals surface area contributed by atoms with Crippen molar-refractivity contribution in [2.24, 2.45) is 0 Å². The van der Waals surface area contributed by atoms with E-state index >= 15 is 0 Å². The lowest BCUT2D eigenvalue weighted by molar-refractivity contribution is 0.273. The van der Waals surface area contributed by atoms with Crippen LogP contribution in [0.2, 0.25) is 0 Å². The fourth-order valence-corrected chi connectivity index (χ4v) is 4.30. The molecule has 0 aliphatic rings. The molecule has 8 heteroatoms. The smallest absolute Gasteiger partial charge is 0.287 e. The lowest BCUT2D eigenvalue weighted by atomic mass is 10.2. The highest BCUT2D eigenvalue weighted by Gasteiger charge is 2.19. The van der Waals surface area contributed by atoms with Gasteiger partial charge in [-0.1, -0.05) is 59.8 Å². The van der Waals surface area contributed by atoms with Gasteiger partial charge in [0.1, 0.15) is 0 Å². The summed E-state index contributed by atoms with van der Waals surface area (Å²) in [4.78, 5) is 26.6. The number of aryl methyl sites for hydroxylation is 1. The van der Waals surface area contributed by atoms with Crippen LogP contribution in [0.5, 0.6) is 0 Å². The number of aromatic amines is 1. The molecule has 2 aromatic carbocycles. The minimum Gasteiger partial charge on any atom is -0.395 e. The maximum Gasteiger partial charge on any atom is 0.287 e. The van der Waals surface area contributed by atoms with Crippen LogP contribution in [0.3, 0.4) is 0 Å². The van der Waals surface area contributed by atoms with Gasteiger partial charge in [0.15, 0.2) is 16.3 Å². The second-order valence-corrected chi connectivity index (χ2v) is 8.04. The lowest BCUT2D eigenvalue weighted by Gasteiger charge is -2.06. The van der Waals surface area contributed by atoms with Gasteiger partial charge < -0.3 is 14.7 Å². The number of aliphatic hydroxyl groups is 1. The number of hydrogen-bond donors (Lipinski definition) is 2. The van der Waals surface area contributed by atoms with Crippen LogP contribution in [0.15, 0.2) is 75.6 Å². The molecule has 30 heavy (non-hydrogen) atoms. The van der Waals surface area contributed by atoms with Crippen molar-refractivity contribution in [1.29, 1.82) is 0 Å². The first-order valence-electron chi connectivity index (χ1n) is 9.56. The number of nitrogens with one attached hydrogen (secondary N) is 1. The zero-order valence-electron chi connectivity index (χ0n) is 16.2. The molecule has 5 aromatic rings. The first-order chi connectivity index (χ1) is 14.6. The Balaban J connectivity index is 1.66. The van der Waals surface area contributed by atoms with Gasteiger partial charge in [-0.25, -0.2) is 9.38 Å². The standard InChI is InChI=1S/C22H19N5O2S/c1-14-7-9-16(10-8-14)30-22-24-18-19(26(22)11-12-28)25-21-23-17(13-27(21)20(18)29)15-5-3-2-4-6-15/h2-10,13,28H,11-12H2,1H3,(H,23,25). The van der Waals surface area contributed by atoms with E-state index in [2.05, 4.69) is 15.0 Å². The van der Waals surface area contributed by atoms with E-state index in [9.17, 15) is 9.90 Å². The fraction of sp³-hybridized carbons (Fsp3) is 0.136. The van der Waals surface area contributed by atoms with E-state index in [0.29, 0.717) is 23.1 Å². The van der Waals surface area contributed by atoms with Gasteiger partial charge in [-0.05, 0) is 24.6 Å². The van der Waals surface area contributed by atoms with Gasteiger partial charge in [-0.2, -0.15) is 4.98 Å². The minimum absolute atomic E-state index is 0.0754. The third kappa shape index (κ3) is 3.20. The highest BCUT2D eigenvalue weighted by Crippen LogP contribution is 2.29. The number of aliphatic hydroxyl groups excluding tert-OH is 1. The Morgan fingerprint density at radius 1 is 1.07 bits per heavy atom. The monoisotopic (exact) mass is 417 g/mol. The van der Waals surface area contributed by atoms with Gasteiger partial charge in [0.2, 0.25) is 5.78 Å². The molecule has 0 saturated carbocycles. The van der Waals surface area contributed by atoms with Crippen LogP contribution in [0.4, 0.5) is 0 Å². The van der Waals surface area contributed by atoms with Crippen LogP contribution in [-0.2, 0) is 6.54 Å². The molecule has 0 atom stereocenters. The first kappa shape index (κ1) is 18.7. The average Bonchev–Trinajstić information content (AvgIpc) is 3.34. The van der Waals surface area contributed by atoms with E-state index in [-0.39, 0.29) is 17.7 Å². The van der Waals surface area contributed by atoms with E-state index in [1.165, 1.54) is 21.7 Å². The number of imidazole rings is 2. The van der Waals surface area contributed by atoms with Gasteiger partial charge in [0, 0.05) is 17.6 Å². The quantitative estimate of drug-likeness (QED) is 0.457. The molecule has 0 fully saturated rings. The van der Waals surface area contributed by atoms with Crippen molar-refractivity contribution in [1.82, 2.24) is 23.9 Å². The molecule has 0 unspecified atom stereocenters. The highest BCUT2D eigenvalue weighted by atomic mass is 32.2. The zero-order valence-corrected chi connectivity index (χ0v) is 17.1. The minimum atomic E-state index is -0.240. The van der Waals surface area contributed by atoms with E-state index in [1.54, 1.807) is 10.8 Å². The van der Waals surface area contributed by atoms with E-state index < -0.39 is 0 Å². The summed E-state index contributed by atoms with van der Waals surface area (Å²) in [7, 11) is 0. The molecular weight excluding hydrogens is 398 g/mol. The van der Waals surface area contributed by atoms with Crippen molar-refractivity contribution in [3.05, 3.63) is 76.7 Å². The van der Waals surface area contributed by atoms with Crippen molar-refractivity contribution in [2.45, 2.75) is 23.5 Å². The number of benzene rings is 2. The summed E-state index contributed by atoms with van der Waals surface area (Å²) >= 11 is 1.45. The molecule has 3 heterocycles. The number of nitrogens with zero attached hydrogens (tertiary/aromatic N) is 4. The van der Waals surface area contributed by atoms with Crippen LogP contribution in [-0.4, -0.2) is 35.6 Å². The first-order valence-corrected chi connectivity index (χ1v) is 10.4. The summed E-state index contributed by atoms with van der Waals surface area (Å²) in [5.41, 5.74) is 3.45. The molecule has 0 aliphatic heterocycles. The maximum atomic E-state index is 13.2. The molecule has 7 nitrogen and oxygen atoms in total. The van der Waals surface area contributed by atoms with E-state index in [1.807, 2.05) is 61.5 Å². The number of rotatable bonds is 5. The molecule has 0 aliphatic carbocycles. The predicted octanol–water partition coefficient (Wildman–Crippen LogP) is 3.49. The average molecular weight is 417 g/mol. The topological polar surface area (TPSA) is 88.2 Å². The molecule has 0 spiro atoms. The Hall–Kier alpha value is -3.36. The maximum absolute atomic E-state index is 13.2. The molecule has 2 N–H and O–H groups in total. The Morgan fingerprint density at radius 3 is 2.57 bits per heavy atom.